The molecule has 2 aliphatic rings. The lowest BCUT2D eigenvalue weighted by molar-refractivity contribution is -0.141. The van der Waals surface area contributed by atoms with Crippen molar-refractivity contribution >= 4 is 16.8 Å². The molecule has 1 spiro atoms. The van der Waals surface area contributed by atoms with Gasteiger partial charge in [0.15, 0.2) is 0 Å². The minimum absolute atomic E-state index is 0.00949. The summed E-state index contributed by atoms with van der Waals surface area (Å²) in [4.78, 5) is 31.8. The zero-order chi connectivity index (χ0) is 21.4. The second-order valence-electron chi connectivity index (χ2n) is 8.16. The first kappa shape index (κ1) is 19.8. The molecule has 3 heterocycles. The summed E-state index contributed by atoms with van der Waals surface area (Å²) in [5.41, 5.74) is 2.42. The Kier molecular flexibility index (Phi) is 4.98. The summed E-state index contributed by atoms with van der Waals surface area (Å²) in [6.45, 7) is 1.81. The Labute approximate surface area is 180 Å². The Balaban J connectivity index is 1.34. The summed E-state index contributed by atoms with van der Waals surface area (Å²) in [5.74, 6) is 0.774. The van der Waals surface area contributed by atoms with Crippen LogP contribution in [-0.2, 0) is 28.1 Å². The molecule has 160 valence electrons. The summed E-state index contributed by atoms with van der Waals surface area (Å²) < 4.78 is 13.3. The normalized spacial score (nSPS) is 17.5. The molecule has 7 heteroatoms. The molecule has 0 saturated carbocycles. The fourth-order valence-corrected chi connectivity index (χ4v) is 4.88. The summed E-state index contributed by atoms with van der Waals surface area (Å²) in [7, 11) is 1.69. The Hall–Kier alpha value is -3.19. The molecule has 0 radical (unpaired) electrons. The monoisotopic (exact) mass is 419 g/mol. The van der Waals surface area contributed by atoms with Crippen LogP contribution in [0.25, 0.3) is 10.9 Å². The van der Waals surface area contributed by atoms with Crippen molar-refractivity contribution in [2.75, 3.05) is 26.8 Å². The van der Waals surface area contributed by atoms with E-state index in [4.69, 9.17) is 9.47 Å². The van der Waals surface area contributed by atoms with Gasteiger partial charge < -0.3 is 14.4 Å². The van der Waals surface area contributed by atoms with Crippen molar-refractivity contribution in [2.24, 2.45) is 0 Å². The van der Waals surface area contributed by atoms with E-state index in [1.165, 1.54) is 16.5 Å². The van der Waals surface area contributed by atoms with E-state index < -0.39 is 5.60 Å². The van der Waals surface area contributed by atoms with Gasteiger partial charge >= 0.3 is 0 Å². The molecule has 5 rings (SSSR count). The van der Waals surface area contributed by atoms with Gasteiger partial charge in [-0.3, -0.25) is 14.2 Å². The van der Waals surface area contributed by atoms with Gasteiger partial charge in [0.1, 0.15) is 17.9 Å². The predicted octanol–water partition coefficient (Wildman–Crippen LogP) is 2.50. The largest absolute Gasteiger partial charge is 0.496 e. The van der Waals surface area contributed by atoms with E-state index in [0.29, 0.717) is 43.4 Å². The molecule has 31 heavy (non-hydrogen) atoms. The Bertz CT molecular complexity index is 1180. The fourth-order valence-electron chi connectivity index (χ4n) is 4.88. The van der Waals surface area contributed by atoms with Crippen LogP contribution in [0.1, 0.15) is 24.0 Å². The van der Waals surface area contributed by atoms with E-state index in [-0.39, 0.29) is 18.0 Å². The van der Waals surface area contributed by atoms with Crippen LogP contribution in [0.3, 0.4) is 0 Å². The first-order valence-corrected chi connectivity index (χ1v) is 10.6. The van der Waals surface area contributed by atoms with E-state index in [0.717, 1.165) is 17.7 Å². The van der Waals surface area contributed by atoms with Crippen LogP contribution in [0.15, 0.2) is 53.6 Å². The number of para-hydroxylation sites is 1. The van der Waals surface area contributed by atoms with Crippen molar-refractivity contribution in [1.29, 1.82) is 0 Å². The number of hydrogen-bond donors (Lipinski definition) is 0. The molecular formula is C24H25N3O4. The quantitative estimate of drug-likeness (QED) is 0.652. The van der Waals surface area contributed by atoms with Gasteiger partial charge in [0.2, 0.25) is 5.91 Å². The number of ether oxygens (including phenoxy) is 2. The number of rotatable bonds is 3. The van der Waals surface area contributed by atoms with Gasteiger partial charge in [-0.2, -0.15) is 0 Å². The number of amides is 1. The lowest BCUT2D eigenvalue weighted by atomic mass is 9.78. The SMILES string of the molecule is COc1cccc2c1C1(CCN(C(=O)Cn3cnc4ccccc4c3=O)CC1)OCC2. The maximum absolute atomic E-state index is 13.0. The smallest absolute Gasteiger partial charge is 0.261 e. The number of methoxy groups -OCH3 is 1. The average Bonchev–Trinajstić information content (AvgIpc) is 2.81. The standard InChI is InChI=1S/C24H25N3O4/c1-30-20-8-4-5-17-9-14-31-24(22(17)20)10-12-26(13-11-24)21(28)15-27-16-25-19-7-3-2-6-18(19)23(27)29/h2-8,16H,9-15H2,1H3. The van der Waals surface area contributed by atoms with Crippen LogP contribution >= 0.6 is 0 Å². The molecule has 7 nitrogen and oxygen atoms in total. The summed E-state index contributed by atoms with van der Waals surface area (Å²) in [6, 6.07) is 13.3. The number of likely N-dealkylation sites (tertiary alicyclic amines) is 1. The third-order valence-corrected chi connectivity index (χ3v) is 6.50. The number of fused-ring (bicyclic) bond motifs is 3. The van der Waals surface area contributed by atoms with E-state index >= 15 is 0 Å². The van der Waals surface area contributed by atoms with Crippen molar-refractivity contribution in [1.82, 2.24) is 14.5 Å². The van der Waals surface area contributed by atoms with E-state index in [9.17, 15) is 9.59 Å². The number of carbonyl (C=O) groups is 1. The Morgan fingerprint density at radius 1 is 1.16 bits per heavy atom. The first-order chi connectivity index (χ1) is 15.1. The number of nitrogens with zero attached hydrogens (tertiary/aromatic N) is 3. The highest BCUT2D eigenvalue weighted by Crippen LogP contribution is 2.45. The molecule has 2 aliphatic heterocycles. The molecule has 0 aliphatic carbocycles. The second kappa shape index (κ2) is 7.81. The lowest BCUT2D eigenvalue weighted by Gasteiger charge is -2.45. The van der Waals surface area contributed by atoms with Gasteiger partial charge in [-0.1, -0.05) is 24.3 Å². The number of aromatic nitrogens is 2. The second-order valence-corrected chi connectivity index (χ2v) is 8.16. The third kappa shape index (κ3) is 3.39. The van der Waals surface area contributed by atoms with Crippen molar-refractivity contribution in [3.63, 3.8) is 0 Å². The zero-order valence-electron chi connectivity index (χ0n) is 17.5. The van der Waals surface area contributed by atoms with Crippen LogP contribution in [0.5, 0.6) is 5.75 Å². The van der Waals surface area contributed by atoms with Gasteiger partial charge in [0.05, 0.1) is 30.9 Å². The fraction of sp³-hybridized carbons (Fsp3) is 0.375. The maximum Gasteiger partial charge on any atom is 0.261 e. The van der Waals surface area contributed by atoms with E-state index in [1.54, 1.807) is 25.3 Å². The molecule has 1 saturated heterocycles. The van der Waals surface area contributed by atoms with Crippen molar-refractivity contribution in [3.8, 4) is 5.75 Å². The highest BCUT2D eigenvalue weighted by atomic mass is 16.5. The highest BCUT2D eigenvalue weighted by Gasteiger charge is 2.43. The molecule has 0 bridgehead atoms. The van der Waals surface area contributed by atoms with Crippen molar-refractivity contribution in [2.45, 2.75) is 31.4 Å². The third-order valence-electron chi connectivity index (χ3n) is 6.50. The van der Waals surface area contributed by atoms with E-state index in [2.05, 4.69) is 11.1 Å². The summed E-state index contributed by atoms with van der Waals surface area (Å²) in [5, 5.41) is 0.523. The molecule has 1 aromatic heterocycles. The molecule has 1 amide bonds. The van der Waals surface area contributed by atoms with Crippen LogP contribution in [0.4, 0.5) is 0 Å². The van der Waals surface area contributed by atoms with Crippen molar-refractivity contribution < 1.29 is 14.3 Å². The molecule has 0 atom stereocenters. The van der Waals surface area contributed by atoms with E-state index in [1.807, 2.05) is 23.1 Å². The molecule has 1 fully saturated rings. The minimum Gasteiger partial charge on any atom is -0.496 e. The number of piperidine rings is 1. The Morgan fingerprint density at radius 2 is 1.97 bits per heavy atom. The van der Waals surface area contributed by atoms with Crippen LogP contribution in [0, 0.1) is 0 Å². The zero-order valence-corrected chi connectivity index (χ0v) is 17.5. The Morgan fingerprint density at radius 3 is 2.77 bits per heavy atom. The lowest BCUT2D eigenvalue weighted by Crippen LogP contribution is -2.49. The summed E-state index contributed by atoms with van der Waals surface area (Å²) in [6.07, 6.45) is 3.74. The van der Waals surface area contributed by atoms with Gasteiger partial charge in [-0.25, -0.2) is 4.98 Å². The van der Waals surface area contributed by atoms with Gasteiger partial charge in [0, 0.05) is 18.7 Å². The number of carbonyl (C=O) groups excluding carboxylic acids is 1. The first-order valence-electron chi connectivity index (χ1n) is 10.6. The molecule has 0 N–H and O–H groups in total. The van der Waals surface area contributed by atoms with Gasteiger partial charge in [-0.15, -0.1) is 0 Å². The number of hydrogen-bond acceptors (Lipinski definition) is 5. The van der Waals surface area contributed by atoms with Crippen LogP contribution in [-0.4, -0.2) is 47.2 Å². The molecular weight excluding hydrogens is 394 g/mol. The van der Waals surface area contributed by atoms with Gasteiger partial charge in [-0.05, 0) is 43.0 Å². The van der Waals surface area contributed by atoms with Crippen LogP contribution in [0.2, 0.25) is 0 Å². The van der Waals surface area contributed by atoms with Crippen molar-refractivity contribution in [3.05, 3.63) is 70.3 Å². The maximum atomic E-state index is 13.0. The van der Waals surface area contributed by atoms with Crippen LogP contribution < -0.4 is 10.3 Å². The molecule has 3 aromatic rings. The topological polar surface area (TPSA) is 73.7 Å². The number of benzene rings is 2. The molecule has 0 unspecified atom stereocenters. The molecule has 2 aromatic carbocycles. The predicted molar refractivity (Wildman–Crippen MR) is 116 cm³/mol. The van der Waals surface area contributed by atoms with Gasteiger partial charge in [0.25, 0.3) is 5.56 Å². The average molecular weight is 419 g/mol. The minimum atomic E-state index is -0.418. The summed E-state index contributed by atoms with van der Waals surface area (Å²) >= 11 is 0. The highest BCUT2D eigenvalue weighted by molar-refractivity contribution is 5.79.